The molecule has 6 nitrogen and oxygen atoms in total. The standard InChI is InChI=1S/C35H26N4O2/c1-22-17-19-36-23(2)34(22)39(32-16-7-8-18-37-32)25-11-9-10-24(20-25)29-21-28-26-12-4-6-15-31(26)41-35(28)33(38-29)27-13-3-5-14-30(27)40/h3-21,40H,1-2H3. The number of fused-ring (bicyclic) bond motifs is 3. The first-order valence-electron chi connectivity index (χ1n) is 13.4. The third-order valence-corrected chi connectivity index (χ3v) is 7.33. The van der Waals surface area contributed by atoms with Crippen molar-refractivity contribution in [2.45, 2.75) is 13.8 Å². The molecule has 0 bridgehead atoms. The average molecular weight is 535 g/mol. The Kier molecular flexibility index (Phi) is 5.94. The highest BCUT2D eigenvalue weighted by Gasteiger charge is 2.21. The number of aromatic hydroxyl groups is 1. The number of rotatable bonds is 5. The first-order chi connectivity index (χ1) is 20.1. The van der Waals surface area contributed by atoms with Gasteiger partial charge in [0.2, 0.25) is 0 Å². The molecule has 0 spiro atoms. The molecule has 7 aromatic rings. The molecular formula is C35H26N4O2. The Bertz CT molecular complexity index is 2030. The van der Waals surface area contributed by atoms with Gasteiger partial charge in [0, 0.05) is 40.0 Å². The van der Waals surface area contributed by atoms with E-state index < -0.39 is 0 Å². The minimum atomic E-state index is 0.150. The smallest absolute Gasteiger partial charge is 0.161 e. The van der Waals surface area contributed by atoms with Crippen LogP contribution >= 0.6 is 0 Å². The topological polar surface area (TPSA) is 75.3 Å². The second kappa shape index (κ2) is 9.92. The molecule has 198 valence electrons. The summed E-state index contributed by atoms with van der Waals surface area (Å²) in [6.07, 6.45) is 3.63. The van der Waals surface area contributed by atoms with E-state index in [1.54, 1.807) is 18.3 Å². The van der Waals surface area contributed by atoms with Crippen LogP contribution < -0.4 is 4.90 Å². The lowest BCUT2D eigenvalue weighted by Gasteiger charge is -2.27. The number of anilines is 3. The molecule has 4 heterocycles. The van der Waals surface area contributed by atoms with E-state index in [1.165, 1.54) is 0 Å². The second-order valence-corrected chi connectivity index (χ2v) is 9.98. The summed E-state index contributed by atoms with van der Waals surface area (Å²) in [5.74, 6) is 0.944. The van der Waals surface area contributed by atoms with Crippen molar-refractivity contribution in [2.75, 3.05) is 4.90 Å². The quantitative estimate of drug-likeness (QED) is 0.238. The van der Waals surface area contributed by atoms with E-state index in [-0.39, 0.29) is 5.75 Å². The van der Waals surface area contributed by atoms with Crippen LogP contribution in [0, 0.1) is 13.8 Å². The lowest BCUT2D eigenvalue weighted by Crippen LogP contribution is -2.14. The largest absolute Gasteiger partial charge is 0.507 e. The highest BCUT2D eigenvalue weighted by atomic mass is 16.3. The zero-order valence-electron chi connectivity index (χ0n) is 22.6. The highest BCUT2D eigenvalue weighted by Crippen LogP contribution is 2.42. The van der Waals surface area contributed by atoms with Crippen molar-refractivity contribution in [3.05, 3.63) is 127 Å². The summed E-state index contributed by atoms with van der Waals surface area (Å²) in [4.78, 5) is 16.5. The number of phenolic OH excluding ortho intramolecular Hbond substituents is 1. The van der Waals surface area contributed by atoms with E-state index >= 15 is 0 Å². The van der Waals surface area contributed by atoms with Crippen molar-refractivity contribution in [3.8, 4) is 28.3 Å². The van der Waals surface area contributed by atoms with Gasteiger partial charge in [-0.3, -0.25) is 9.88 Å². The van der Waals surface area contributed by atoms with Crippen molar-refractivity contribution < 1.29 is 9.52 Å². The monoisotopic (exact) mass is 534 g/mol. The molecule has 0 radical (unpaired) electrons. The highest BCUT2D eigenvalue weighted by molar-refractivity contribution is 6.10. The second-order valence-electron chi connectivity index (χ2n) is 9.98. The number of furan rings is 1. The molecule has 0 aliphatic rings. The summed E-state index contributed by atoms with van der Waals surface area (Å²) in [7, 11) is 0. The molecule has 0 fully saturated rings. The predicted octanol–water partition coefficient (Wildman–Crippen LogP) is 8.90. The predicted molar refractivity (Wildman–Crippen MR) is 164 cm³/mol. The molecule has 0 saturated carbocycles. The van der Waals surface area contributed by atoms with Crippen LogP contribution in [0.25, 0.3) is 44.5 Å². The number of aromatic nitrogens is 3. The third-order valence-electron chi connectivity index (χ3n) is 7.33. The molecule has 0 unspecified atom stereocenters. The van der Waals surface area contributed by atoms with Gasteiger partial charge in [-0.1, -0.05) is 48.5 Å². The fourth-order valence-electron chi connectivity index (χ4n) is 5.42. The molecule has 0 amide bonds. The van der Waals surface area contributed by atoms with E-state index in [9.17, 15) is 5.11 Å². The van der Waals surface area contributed by atoms with Crippen molar-refractivity contribution >= 4 is 39.1 Å². The van der Waals surface area contributed by atoms with Gasteiger partial charge in [-0.15, -0.1) is 0 Å². The van der Waals surface area contributed by atoms with Crippen LogP contribution in [0.5, 0.6) is 5.75 Å². The maximum atomic E-state index is 10.8. The zero-order chi connectivity index (χ0) is 27.9. The molecule has 6 heteroatoms. The van der Waals surface area contributed by atoms with E-state index in [2.05, 4.69) is 35.0 Å². The third kappa shape index (κ3) is 4.26. The van der Waals surface area contributed by atoms with Crippen LogP contribution in [0.1, 0.15) is 11.3 Å². The zero-order valence-corrected chi connectivity index (χ0v) is 22.6. The van der Waals surface area contributed by atoms with Gasteiger partial charge in [-0.25, -0.2) is 9.97 Å². The van der Waals surface area contributed by atoms with Crippen molar-refractivity contribution in [2.24, 2.45) is 0 Å². The molecule has 0 aliphatic carbocycles. The molecule has 4 aromatic heterocycles. The van der Waals surface area contributed by atoms with Crippen LogP contribution in [0.3, 0.4) is 0 Å². The summed E-state index contributed by atoms with van der Waals surface area (Å²) < 4.78 is 6.29. The normalized spacial score (nSPS) is 11.3. The summed E-state index contributed by atoms with van der Waals surface area (Å²) in [5, 5.41) is 12.7. The molecule has 3 aromatic carbocycles. The molecule has 0 aliphatic heterocycles. The van der Waals surface area contributed by atoms with Gasteiger partial charge in [0.15, 0.2) is 5.58 Å². The van der Waals surface area contributed by atoms with Gasteiger partial charge in [0.1, 0.15) is 22.8 Å². The Balaban J connectivity index is 1.47. The summed E-state index contributed by atoms with van der Waals surface area (Å²) in [6.45, 7) is 4.10. The lowest BCUT2D eigenvalue weighted by atomic mass is 10.0. The summed E-state index contributed by atoms with van der Waals surface area (Å²) >= 11 is 0. The van der Waals surface area contributed by atoms with Gasteiger partial charge < -0.3 is 9.52 Å². The molecule has 0 saturated heterocycles. The number of phenols is 1. The number of nitrogens with zero attached hydrogens (tertiary/aromatic N) is 4. The first-order valence-corrected chi connectivity index (χ1v) is 13.4. The van der Waals surface area contributed by atoms with Crippen LogP contribution in [0.4, 0.5) is 17.2 Å². The minimum absolute atomic E-state index is 0.150. The van der Waals surface area contributed by atoms with Crippen molar-refractivity contribution in [1.29, 1.82) is 0 Å². The first kappa shape index (κ1) is 24.5. The SMILES string of the molecule is Cc1ccnc(C)c1N(c1cccc(-c2cc3c(oc4ccccc43)c(-c3ccccc3O)n2)c1)c1ccccn1. The molecule has 0 atom stereocenters. The van der Waals surface area contributed by atoms with E-state index in [0.717, 1.165) is 56.1 Å². The Morgan fingerprint density at radius 3 is 2.39 bits per heavy atom. The Morgan fingerprint density at radius 2 is 1.56 bits per heavy atom. The van der Waals surface area contributed by atoms with E-state index in [1.807, 2.05) is 85.9 Å². The molecule has 7 rings (SSSR count). The summed E-state index contributed by atoms with van der Waals surface area (Å²) in [5.41, 5.74) is 8.25. The van der Waals surface area contributed by atoms with Gasteiger partial charge in [0.05, 0.1) is 17.1 Å². The van der Waals surface area contributed by atoms with Gasteiger partial charge in [0.25, 0.3) is 0 Å². The minimum Gasteiger partial charge on any atom is -0.507 e. The molecule has 1 N–H and O–H groups in total. The fraction of sp³-hybridized carbons (Fsp3) is 0.0571. The fourth-order valence-corrected chi connectivity index (χ4v) is 5.42. The maximum absolute atomic E-state index is 10.8. The Hall–Kier alpha value is -5.49. The van der Waals surface area contributed by atoms with E-state index in [4.69, 9.17) is 14.4 Å². The maximum Gasteiger partial charge on any atom is 0.161 e. The van der Waals surface area contributed by atoms with Crippen LogP contribution in [0.15, 0.2) is 120 Å². The van der Waals surface area contributed by atoms with Crippen molar-refractivity contribution in [3.63, 3.8) is 0 Å². The van der Waals surface area contributed by atoms with Crippen molar-refractivity contribution in [1.82, 2.24) is 15.0 Å². The number of pyridine rings is 3. The van der Waals surface area contributed by atoms with Gasteiger partial charge in [-0.05, 0) is 74.0 Å². The number of hydrogen-bond acceptors (Lipinski definition) is 6. The van der Waals surface area contributed by atoms with Gasteiger partial charge in [-0.2, -0.15) is 0 Å². The number of para-hydroxylation sites is 2. The summed E-state index contributed by atoms with van der Waals surface area (Å²) in [6, 6.07) is 33.4. The van der Waals surface area contributed by atoms with Gasteiger partial charge >= 0.3 is 0 Å². The number of hydrogen-bond donors (Lipinski definition) is 1. The van der Waals surface area contributed by atoms with Crippen LogP contribution in [0.2, 0.25) is 0 Å². The number of aryl methyl sites for hydroxylation is 2. The lowest BCUT2D eigenvalue weighted by molar-refractivity contribution is 0.477. The average Bonchev–Trinajstić information content (AvgIpc) is 3.38. The number of benzene rings is 3. The Morgan fingerprint density at radius 1 is 0.732 bits per heavy atom. The molecule has 41 heavy (non-hydrogen) atoms. The Labute approximate surface area is 237 Å². The van der Waals surface area contributed by atoms with Crippen LogP contribution in [-0.4, -0.2) is 20.1 Å². The van der Waals surface area contributed by atoms with E-state index in [0.29, 0.717) is 16.8 Å². The van der Waals surface area contributed by atoms with Crippen LogP contribution in [-0.2, 0) is 0 Å². The molecular weight excluding hydrogens is 508 g/mol.